The average molecular weight is 340 g/mol. The minimum absolute atomic E-state index is 0.0869. The number of benzene rings is 2. The van der Waals surface area contributed by atoms with Gasteiger partial charge in [-0.05, 0) is 50.2 Å². The van der Waals surface area contributed by atoms with Crippen LogP contribution in [0.25, 0.3) is 22.4 Å². The highest BCUT2D eigenvalue weighted by Crippen LogP contribution is 2.24. The summed E-state index contributed by atoms with van der Waals surface area (Å²) in [5, 5.41) is 5.64. The van der Waals surface area contributed by atoms with Crippen molar-refractivity contribution >= 4 is 17.1 Å². The first-order chi connectivity index (χ1) is 12.0. The zero-order chi connectivity index (χ0) is 17.8. The number of hydrogen-bond donors (Lipinski definition) is 2. The van der Waals surface area contributed by atoms with Crippen LogP contribution in [0.5, 0.6) is 0 Å². The number of para-hydroxylation sites is 2. The molecule has 2 N–H and O–H groups in total. The average Bonchev–Trinajstić information content (AvgIpc) is 2.94. The number of hydrogen-bond acceptors (Lipinski definition) is 2. The standard InChI is InChI=1S/C19H21FN4O/c1-13(2)22-19(25)21-11-12-24-17-6-4-3-5-16(17)23-18(24)14-7-9-15(20)10-8-14/h3-10,13H,11-12H2,1-2H3,(H2,21,22,25). The lowest BCUT2D eigenvalue weighted by Gasteiger charge is -2.12. The fraction of sp³-hybridized carbons (Fsp3) is 0.263. The second-order valence-corrected chi connectivity index (χ2v) is 6.14. The third kappa shape index (κ3) is 3.96. The number of fused-ring (bicyclic) bond motifs is 1. The van der Waals surface area contributed by atoms with Crippen LogP contribution in [0.1, 0.15) is 13.8 Å². The van der Waals surface area contributed by atoms with Crippen molar-refractivity contribution < 1.29 is 9.18 Å². The number of carbonyl (C=O) groups excluding carboxylic acids is 1. The summed E-state index contributed by atoms with van der Waals surface area (Å²) >= 11 is 0. The Morgan fingerprint density at radius 1 is 1.16 bits per heavy atom. The maximum atomic E-state index is 13.2. The van der Waals surface area contributed by atoms with E-state index in [0.717, 1.165) is 22.4 Å². The van der Waals surface area contributed by atoms with Crippen molar-refractivity contribution in [3.8, 4) is 11.4 Å². The van der Waals surface area contributed by atoms with E-state index in [2.05, 4.69) is 15.6 Å². The van der Waals surface area contributed by atoms with Crippen LogP contribution in [0.4, 0.5) is 9.18 Å². The van der Waals surface area contributed by atoms with Crippen LogP contribution >= 0.6 is 0 Å². The maximum absolute atomic E-state index is 13.2. The Morgan fingerprint density at radius 3 is 2.60 bits per heavy atom. The Kier molecular flexibility index (Phi) is 4.97. The fourth-order valence-electron chi connectivity index (χ4n) is 2.72. The second kappa shape index (κ2) is 7.34. The number of aromatic nitrogens is 2. The van der Waals surface area contributed by atoms with Crippen LogP contribution in [-0.4, -0.2) is 28.2 Å². The van der Waals surface area contributed by atoms with Gasteiger partial charge in [0.2, 0.25) is 0 Å². The van der Waals surface area contributed by atoms with Crippen molar-refractivity contribution in [3.63, 3.8) is 0 Å². The van der Waals surface area contributed by atoms with Crippen molar-refractivity contribution in [1.29, 1.82) is 0 Å². The Hall–Kier alpha value is -2.89. The van der Waals surface area contributed by atoms with E-state index in [1.54, 1.807) is 12.1 Å². The number of nitrogens with zero attached hydrogens (tertiary/aromatic N) is 2. The zero-order valence-corrected chi connectivity index (χ0v) is 14.3. The van der Waals surface area contributed by atoms with E-state index in [9.17, 15) is 9.18 Å². The molecule has 0 bridgehead atoms. The molecule has 3 rings (SSSR count). The number of urea groups is 1. The van der Waals surface area contributed by atoms with Gasteiger partial charge >= 0.3 is 6.03 Å². The number of nitrogens with one attached hydrogen (secondary N) is 2. The lowest BCUT2D eigenvalue weighted by atomic mass is 10.2. The SMILES string of the molecule is CC(C)NC(=O)NCCn1c(-c2ccc(F)cc2)nc2ccccc21. The Morgan fingerprint density at radius 2 is 1.88 bits per heavy atom. The molecular formula is C19H21FN4O. The molecule has 2 amide bonds. The molecule has 0 radical (unpaired) electrons. The van der Waals surface area contributed by atoms with E-state index < -0.39 is 0 Å². The molecule has 0 atom stereocenters. The predicted molar refractivity (Wildman–Crippen MR) is 96.8 cm³/mol. The summed E-state index contributed by atoms with van der Waals surface area (Å²) in [6.07, 6.45) is 0. The summed E-state index contributed by atoms with van der Waals surface area (Å²) in [5.41, 5.74) is 2.69. The molecule has 0 aliphatic rings. The van der Waals surface area contributed by atoms with Crippen LogP contribution in [0, 0.1) is 5.82 Å². The van der Waals surface area contributed by atoms with Crippen molar-refractivity contribution in [1.82, 2.24) is 20.2 Å². The van der Waals surface area contributed by atoms with Crippen LogP contribution in [0.3, 0.4) is 0 Å². The molecule has 0 saturated heterocycles. The van der Waals surface area contributed by atoms with Gasteiger partial charge < -0.3 is 15.2 Å². The summed E-state index contributed by atoms with van der Waals surface area (Å²) in [7, 11) is 0. The molecule has 3 aromatic rings. The summed E-state index contributed by atoms with van der Waals surface area (Å²) in [6, 6.07) is 14.0. The lowest BCUT2D eigenvalue weighted by molar-refractivity contribution is 0.238. The first-order valence-corrected chi connectivity index (χ1v) is 8.30. The molecule has 2 aromatic carbocycles. The Labute approximate surface area is 145 Å². The molecule has 130 valence electrons. The monoisotopic (exact) mass is 340 g/mol. The molecule has 6 heteroatoms. The Bertz CT molecular complexity index is 871. The number of rotatable bonds is 5. The van der Waals surface area contributed by atoms with Gasteiger partial charge in [0, 0.05) is 24.7 Å². The van der Waals surface area contributed by atoms with Crippen molar-refractivity contribution in [2.24, 2.45) is 0 Å². The molecule has 0 saturated carbocycles. The molecule has 0 aliphatic carbocycles. The van der Waals surface area contributed by atoms with Gasteiger partial charge in [0.25, 0.3) is 0 Å². The molecule has 0 aliphatic heterocycles. The van der Waals surface area contributed by atoms with Crippen LogP contribution in [0.15, 0.2) is 48.5 Å². The van der Waals surface area contributed by atoms with Gasteiger partial charge in [0.15, 0.2) is 0 Å². The minimum atomic E-state index is -0.279. The predicted octanol–water partition coefficient (Wildman–Crippen LogP) is 3.55. The van der Waals surface area contributed by atoms with Gasteiger partial charge in [-0.15, -0.1) is 0 Å². The smallest absolute Gasteiger partial charge is 0.315 e. The molecule has 0 unspecified atom stereocenters. The molecule has 1 aromatic heterocycles. The first kappa shape index (κ1) is 17.0. The molecule has 5 nitrogen and oxygen atoms in total. The van der Waals surface area contributed by atoms with Crippen LogP contribution < -0.4 is 10.6 Å². The van der Waals surface area contributed by atoms with E-state index in [1.807, 2.05) is 42.7 Å². The maximum Gasteiger partial charge on any atom is 0.315 e. The van der Waals surface area contributed by atoms with Gasteiger partial charge in [-0.3, -0.25) is 0 Å². The van der Waals surface area contributed by atoms with Crippen molar-refractivity contribution in [2.45, 2.75) is 26.4 Å². The first-order valence-electron chi connectivity index (χ1n) is 8.30. The third-order valence-electron chi connectivity index (χ3n) is 3.80. The number of imidazole rings is 1. The molecule has 25 heavy (non-hydrogen) atoms. The topological polar surface area (TPSA) is 59.0 Å². The van der Waals surface area contributed by atoms with Crippen LogP contribution in [-0.2, 0) is 6.54 Å². The van der Waals surface area contributed by atoms with Gasteiger partial charge in [-0.2, -0.15) is 0 Å². The van der Waals surface area contributed by atoms with E-state index >= 15 is 0 Å². The van der Waals surface area contributed by atoms with E-state index in [-0.39, 0.29) is 17.9 Å². The molecule has 0 spiro atoms. The van der Waals surface area contributed by atoms with Crippen molar-refractivity contribution in [2.75, 3.05) is 6.54 Å². The molecular weight excluding hydrogens is 319 g/mol. The lowest BCUT2D eigenvalue weighted by Crippen LogP contribution is -2.40. The Balaban J connectivity index is 1.86. The quantitative estimate of drug-likeness (QED) is 0.746. The highest BCUT2D eigenvalue weighted by atomic mass is 19.1. The van der Waals surface area contributed by atoms with Gasteiger partial charge in [0.05, 0.1) is 11.0 Å². The summed E-state index contributed by atoms with van der Waals surface area (Å²) in [6.45, 7) is 4.86. The number of carbonyl (C=O) groups is 1. The summed E-state index contributed by atoms with van der Waals surface area (Å²) in [5.74, 6) is 0.478. The number of halogens is 1. The second-order valence-electron chi connectivity index (χ2n) is 6.14. The highest BCUT2D eigenvalue weighted by Gasteiger charge is 2.12. The van der Waals surface area contributed by atoms with Gasteiger partial charge in [-0.25, -0.2) is 14.2 Å². The normalized spacial score (nSPS) is 11.0. The van der Waals surface area contributed by atoms with E-state index in [1.165, 1.54) is 12.1 Å². The highest BCUT2D eigenvalue weighted by molar-refractivity contribution is 5.80. The van der Waals surface area contributed by atoms with Gasteiger partial charge in [0.1, 0.15) is 11.6 Å². The van der Waals surface area contributed by atoms with E-state index in [0.29, 0.717) is 13.1 Å². The largest absolute Gasteiger partial charge is 0.336 e. The summed E-state index contributed by atoms with van der Waals surface area (Å²) in [4.78, 5) is 16.4. The number of amides is 2. The molecule has 0 fully saturated rings. The third-order valence-corrected chi connectivity index (χ3v) is 3.80. The summed E-state index contributed by atoms with van der Waals surface area (Å²) < 4.78 is 15.3. The van der Waals surface area contributed by atoms with Gasteiger partial charge in [-0.1, -0.05) is 12.1 Å². The van der Waals surface area contributed by atoms with Crippen LogP contribution in [0.2, 0.25) is 0 Å². The fourth-order valence-corrected chi connectivity index (χ4v) is 2.72. The zero-order valence-electron chi connectivity index (χ0n) is 14.3. The minimum Gasteiger partial charge on any atom is -0.336 e. The van der Waals surface area contributed by atoms with E-state index in [4.69, 9.17) is 0 Å². The van der Waals surface area contributed by atoms with Crippen molar-refractivity contribution in [3.05, 3.63) is 54.3 Å². The molecule has 1 heterocycles.